The van der Waals surface area contributed by atoms with E-state index in [-0.39, 0.29) is 16.6 Å². The number of para-hydroxylation sites is 1. The second kappa shape index (κ2) is 7.61. The van der Waals surface area contributed by atoms with Crippen molar-refractivity contribution in [3.05, 3.63) is 58.9 Å². The molecule has 2 amide bonds. The first-order valence-corrected chi connectivity index (χ1v) is 10.1. The van der Waals surface area contributed by atoms with Crippen LogP contribution in [0.1, 0.15) is 19.4 Å². The number of anilines is 1. The van der Waals surface area contributed by atoms with E-state index in [1.165, 1.54) is 17.0 Å². The summed E-state index contributed by atoms with van der Waals surface area (Å²) < 4.78 is 14.0. The van der Waals surface area contributed by atoms with E-state index in [0.717, 1.165) is 23.4 Å². The first kappa shape index (κ1) is 19.6. The van der Waals surface area contributed by atoms with Crippen molar-refractivity contribution < 1.29 is 14.0 Å². The molecule has 2 aromatic rings. The van der Waals surface area contributed by atoms with Crippen LogP contribution in [0.4, 0.5) is 15.8 Å². The smallest absolute Gasteiger partial charge is 0.258 e. The van der Waals surface area contributed by atoms with Gasteiger partial charge in [0.05, 0.1) is 16.6 Å². The average Bonchev–Trinajstić information content (AvgIpc) is 2.99. The Kier molecular flexibility index (Phi) is 5.14. The molecule has 6 nitrogen and oxygen atoms in total. The third kappa shape index (κ3) is 3.65. The van der Waals surface area contributed by atoms with Crippen LogP contribution < -0.4 is 5.32 Å². The monoisotopic (exact) mass is 430 g/mol. The maximum Gasteiger partial charge on any atom is 0.258 e. The number of hydrogen-bond donors (Lipinski definition) is 1. The van der Waals surface area contributed by atoms with Crippen LogP contribution in [0.25, 0.3) is 0 Å². The minimum atomic E-state index is -0.640. The van der Waals surface area contributed by atoms with Crippen LogP contribution in [0.2, 0.25) is 5.02 Å². The number of nitrogens with one attached hydrogen (secondary N) is 1. The Morgan fingerprint density at radius 2 is 2.07 bits per heavy atom. The molecular formula is C20H16ClFN4O2S. The summed E-state index contributed by atoms with van der Waals surface area (Å²) in [5.74, 6) is -0.704. The van der Waals surface area contributed by atoms with Gasteiger partial charge in [-0.1, -0.05) is 35.5 Å². The Hall–Kier alpha value is -2.71. The van der Waals surface area contributed by atoms with E-state index in [0.29, 0.717) is 16.7 Å². The number of thioether (sulfide) groups is 1. The van der Waals surface area contributed by atoms with Gasteiger partial charge in [-0.2, -0.15) is 0 Å². The Balaban J connectivity index is 1.58. The first-order valence-electron chi connectivity index (χ1n) is 8.87. The minimum Gasteiger partial charge on any atom is -0.323 e. The summed E-state index contributed by atoms with van der Waals surface area (Å²) in [4.78, 5) is 35.7. The number of nitrogens with zero attached hydrogens (tertiary/aromatic N) is 3. The third-order valence-corrected chi connectivity index (χ3v) is 5.79. The molecule has 9 heteroatoms. The predicted molar refractivity (Wildman–Crippen MR) is 113 cm³/mol. The molecular weight excluding hydrogens is 415 g/mol. The normalized spacial score (nSPS) is 18.6. The van der Waals surface area contributed by atoms with Crippen LogP contribution in [0.3, 0.4) is 0 Å². The van der Waals surface area contributed by atoms with Crippen LogP contribution in [-0.2, 0) is 9.59 Å². The molecule has 148 valence electrons. The molecule has 0 saturated heterocycles. The quantitative estimate of drug-likeness (QED) is 0.792. The number of carbonyl (C=O) groups excluding carboxylic acids is 2. The largest absolute Gasteiger partial charge is 0.323 e. The summed E-state index contributed by atoms with van der Waals surface area (Å²) in [6.45, 7) is 3.38. The van der Waals surface area contributed by atoms with Crippen molar-refractivity contribution in [3.63, 3.8) is 0 Å². The van der Waals surface area contributed by atoms with Crippen LogP contribution in [0, 0.1) is 5.82 Å². The Morgan fingerprint density at radius 1 is 1.31 bits per heavy atom. The number of fused-ring (bicyclic) bond motifs is 3. The standard InChI is InChI=1S/C20H16ClFN4O2S/c1-10-19(28)26-17(23-10)13-5-3-4-6-15(13)25-20(26)29-11(2)18(27)24-16-8-7-12(21)9-14(16)22/h3-11H,1-2H3,(H,24,27)/t10-,11-/m1/s1. The maximum atomic E-state index is 14.0. The van der Waals surface area contributed by atoms with Gasteiger partial charge in [-0.25, -0.2) is 14.3 Å². The zero-order valence-electron chi connectivity index (χ0n) is 15.5. The fourth-order valence-corrected chi connectivity index (χ4v) is 4.07. The molecule has 2 aliphatic rings. The molecule has 0 fully saturated rings. The van der Waals surface area contributed by atoms with Gasteiger partial charge in [0.1, 0.15) is 17.7 Å². The highest BCUT2D eigenvalue weighted by Crippen LogP contribution is 2.34. The fourth-order valence-electron chi connectivity index (χ4n) is 2.99. The van der Waals surface area contributed by atoms with Gasteiger partial charge in [-0.15, -0.1) is 0 Å². The van der Waals surface area contributed by atoms with Crippen molar-refractivity contribution in [2.45, 2.75) is 25.1 Å². The summed E-state index contributed by atoms with van der Waals surface area (Å²) in [6, 6.07) is 10.9. The number of halogens is 2. The highest BCUT2D eigenvalue weighted by molar-refractivity contribution is 8.15. The molecule has 0 unspecified atom stereocenters. The number of carbonyl (C=O) groups is 2. The molecule has 29 heavy (non-hydrogen) atoms. The van der Waals surface area contributed by atoms with Crippen LogP contribution in [0.15, 0.2) is 52.4 Å². The van der Waals surface area contributed by atoms with Crippen LogP contribution in [-0.4, -0.2) is 39.0 Å². The van der Waals surface area contributed by atoms with E-state index in [4.69, 9.17) is 11.6 Å². The predicted octanol–water partition coefficient (Wildman–Crippen LogP) is 4.22. The van der Waals surface area contributed by atoms with Gasteiger partial charge in [0.25, 0.3) is 5.91 Å². The number of amides is 2. The van der Waals surface area contributed by atoms with Gasteiger partial charge in [-0.05, 0) is 44.2 Å². The van der Waals surface area contributed by atoms with Gasteiger partial charge in [0.2, 0.25) is 5.91 Å². The number of benzene rings is 2. The molecule has 0 spiro atoms. The van der Waals surface area contributed by atoms with E-state index >= 15 is 0 Å². The Bertz CT molecular complexity index is 1090. The van der Waals surface area contributed by atoms with Crippen LogP contribution in [0.5, 0.6) is 0 Å². The summed E-state index contributed by atoms with van der Waals surface area (Å²) >= 11 is 6.86. The molecule has 0 saturated carbocycles. The van der Waals surface area contributed by atoms with Crippen molar-refractivity contribution in [1.29, 1.82) is 0 Å². The summed E-state index contributed by atoms with van der Waals surface area (Å²) in [6.07, 6.45) is 0. The van der Waals surface area contributed by atoms with Crippen molar-refractivity contribution in [2.75, 3.05) is 5.32 Å². The van der Waals surface area contributed by atoms with E-state index in [2.05, 4.69) is 15.3 Å². The zero-order chi connectivity index (χ0) is 20.7. The van der Waals surface area contributed by atoms with Crippen molar-refractivity contribution in [2.24, 2.45) is 9.98 Å². The SMILES string of the molecule is C[C@H]1N=C2c3ccccc3N=C(S[C@H](C)C(=O)Nc3ccc(Cl)cc3F)N2C1=O. The third-order valence-electron chi connectivity index (χ3n) is 4.50. The molecule has 2 aromatic carbocycles. The van der Waals surface area contributed by atoms with Gasteiger partial charge < -0.3 is 5.32 Å². The van der Waals surface area contributed by atoms with Gasteiger partial charge in [0.15, 0.2) is 5.17 Å². The summed E-state index contributed by atoms with van der Waals surface area (Å²) in [5, 5.41) is 2.52. The second-order valence-electron chi connectivity index (χ2n) is 6.59. The lowest BCUT2D eigenvalue weighted by Gasteiger charge is -2.26. The van der Waals surface area contributed by atoms with Crippen molar-refractivity contribution in [3.8, 4) is 0 Å². The highest BCUT2D eigenvalue weighted by Gasteiger charge is 2.40. The molecule has 0 aliphatic carbocycles. The topological polar surface area (TPSA) is 74.1 Å². The van der Waals surface area contributed by atoms with Crippen molar-refractivity contribution >= 4 is 57.6 Å². The Morgan fingerprint density at radius 3 is 2.83 bits per heavy atom. The lowest BCUT2D eigenvalue weighted by molar-refractivity contribution is -0.124. The molecule has 0 radical (unpaired) electrons. The molecule has 2 heterocycles. The maximum absolute atomic E-state index is 14.0. The molecule has 0 bridgehead atoms. The highest BCUT2D eigenvalue weighted by atomic mass is 35.5. The summed E-state index contributed by atoms with van der Waals surface area (Å²) in [5.41, 5.74) is 1.49. The number of amidine groups is 2. The second-order valence-corrected chi connectivity index (χ2v) is 8.33. The molecule has 0 aromatic heterocycles. The fraction of sp³-hybridized carbons (Fsp3) is 0.200. The Labute approximate surface area is 175 Å². The number of hydrogen-bond acceptors (Lipinski definition) is 5. The summed E-state index contributed by atoms with van der Waals surface area (Å²) in [7, 11) is 0. The lowest BCUT2D eigenvalue weighted by atomic mass is 10.1. The molecule has 1 N–H and O–H groups in total. The van der Waals surface area contributed by atoms with Gasteiger partial charge >= 0.3 is 0 Å². The van der Waals surface area contributed by atoms with E-state index in [1.807, 2.05) is 24.3 Å². The van der Waals surface area contributed by atoms with Crippen molar-refractivity contribution in [1.82, 2.24) is 4.90 Å². The van der Waals surface area contributed by atoms with E-state index in [9.17, 15) is 14.0 Å². The molecule has 4 rings (SSSR count). The van der Waals surface area contributed by atoms with E-state index in [1.54, 1.807) is 13.8 Å². The lowest BCUT2D eigenvalue weighted by Crippen LogP contribution is -2.42. The number of aliphatic imine (C=N–C) groups is 2. The van der Waals surface area contributed by atoms with Crippen LogP contribution >= 0.6 is 23.4 Å². The number of rotatable bonds is 3. The molecule has 2 aliphatic heterocycles. The average molecular weight is 431 g/mol. The van der Waals surface area contributed by atoms with E-state index < -0.39 is 23.0 Å². The first-order chi connectivity index (χ1) is 13.8. The zero-order valence-corrected chi connectivity index (χ0v) is 17.1. The molecule has 2 atom stereocenters. The minimum absolute atomic E-state index is 0.0379. The van der Waals surface area contributed by atoms with Gasteiger partial charge in [-0.3, -0.25) is 14.6 Å². The van der Waals surface area contributed by atoms with Gasteiger partial charge in [0, 0.05) is 10.6 Å².